The Kier molecular flexibility index (Phi) is 2.85. The van der Waals surface area contributed by atoms with E-state index < -0.39 is 0 Å². The molecule has 0 amide bonds. The van der Waals surface area contributed by atoms with Crippen molar-refractivity contribution in [1.29, 1.82) is 0 Å². The largest absolute Gasteiger partial charge is 0.241 e. The molecule has 2 rings (SSSR count). The van der Waals surface area contributed by atoms with E-state index in [0.29, 0.717) is 0 Å². The Morgan fingerprint density at radius 3 is 2.19 bits per heavy atom. The normalized spacial score (nSPS) is 11.8. The molecule has 0 atom stereocenters. The van der Waals surface area contributed by atoms with E-state index in [-0.39, 0.29) is 5.41 Å². The highest BCUT2D eigenvalue weighted by Crippen LogP contribution is 2.29. The smallest absolute Gasteiger partial charge is 0.123 e. The number of aryl methyl sites for hydroxylation is 1. The van der Waals surface area contributed by atoms with E-state index in [4.69, 9.17) is 4.98 Å². The van der Waals surface area contributed by atoms with Crippen LogP contribution in [0.2, 0.25) is 0 Å². The molecule has 84 valence electrons. The average Bonchev–Trinajstić information content (AvgIpc) is 2.67. The summed E-state index contributed by atoms with van der Waals surface area (Å²) in [6.45, 7) is 8.69. The molecule has 0 N–H and O–H groups in total. The number of aromatic nitrogens is 1. The fourth-order valence-corrected chi connectivity index (χ4v) is 2.50. The molecule has 2 heteroatoms. The summed E-state index contributed by atoms with van der Waals surface area (Å²) in [7, 11) is 0. The lowest BCUT2D eigenvalue weighted by Gasteiger charge is -2.14. The van der Waals surface area contributed by atoms with Crippen LogP contribution in [0.5, 0.6) is 0 Å². The first kappa shape index (κ1) is 11.3. The Hall–Kier alpha value is -1.15. The van der Waals surface area contributed by atoms with Crippen molar-refractivity contribution in [2.45, 2.75) is 33.1 Å². The molecule has 0 aliphatic heterocycles. The highest BCUT2D eigenvalue weighted by atomic mass is 32.1. The molecule has 0 bridgehead atoms. The van der Waals surface area contributed by atoms with Gasteiger partial charge in [0.25, 0.3) is 0 Å². The van der Waals surface area contributed by atoms with Crippen LogP contribution in [-0.2, 0) is 5.41 Å². The maximum Gasteiger partial charge on any atom is 0.123 e. The fraction of sp³-hybridized carbons (Fsp3) is 0.357. The number of hydrogen-bond donors (Lipinski definition) is 0. The third-order valence-electron chi connectivity index (χ3n) is 2.57. The molecule has 0 fully saturated rings. The minimum absolute atomic E-state index is 0.138. The van der Waals surface area contributed by atoms with E-state index in [1.165, 1.54) is 16.8 Å². The van der Waals surface area contributed by atoms with Crippen LogP contribution in [-0.4, -0.2) is 4.98 Å². The lowest BCUT2D eigenvalue weighted by molar-refractivity contribution is 0.573. The molecule has 16 heavy (non-hydrogen) atoms. The van der Waals surface area contributed by atoms with Crippen LogP contribution in [0.3, 0.4) is 0 Å². The van der Waals surface area contributed by atoms with Crippen LogP contribution in [0.25, 0.3) is 10.6 Å². The number of thiazole rings is 1. The standard InChI is InChI=1S/C14H17NS/c1-10-5-7-11(8-6-10)13-15-12(9-16-13)14(2,3)4/h5-9H,1-4H3. The maximum absolute atomic E-state index is 4.70. The van der Waals surface area contributed by atoms with Crippen molar-refractivity contribution in [1.82, 2.24) is 4.98 Å². The van der Waals surface area contributed by atoms with Gasteiger partial charge in [0.15, 0.2) is 0 Å². The highest BCUT2D eigenvalue weighted by Gasteiger charge is 2.17. The molecular weight excluding hydrogens is 214 g/mol. The summed E-state index contributed by atoms with van der Waals surface area (Å²) in [4.78, 5) is 4.70. The summed E-state index contributed by atoms with van der Waals surface area (Å²) >= 11 is 1.72. The predicted octanol–water partition coefficient (Wildman–Crippen LogP) is 4.42. The van der Waals surface area contributed by atoms with Gasteiger partial charge in [0.05, 0.1) is 5.69 Å². The average molecular weight is 231 g/mol. The molecule has 1 aromatic carbocycles. The first-order chi connectivity index (χ1) is 7.47. The van der Waals surface area contributed by atoms with Crippen LogP contribution in [0.15, 0.2) is 29.6 Å². The van der Waals surface area contributed by atoms with Crippen molar-refractivity contribution in [3.05, 3.63) is 40.9 Å². The Morgan fingerprint density at radius 1 is 1.06 bits per heavy atom. The molecule has 2 aromatic rings. The maximum atomic E-state index is 4.70. The Morgan fingerprint density at radius 2 is 1.69 bits per heavy atom. The van der Waals surface area contributed by atoms with Gasteiger partial charge in [-0.15, -0.1) is 11.3 Å². The van der Waals surface area contributed by atoms with Crippen molar-refractivity contribution in [3.63, 3.8) is 0 Å². The molecular formula is C14H17NS. The van der Waals surface area contributed by atoms with Crippen LogP contribution in [0.4, 0.5) is 0 Å². The third kappa shape index (κ3) is 2.33. The molecule has 0 saturated carbocycles. The first-order valence-electron chi connectivity index (χ1n) is 5.50. The zero-order chi connectivity index (χ0) is 11.8. The number of benzene rings is 1. The Bertz CT molecular complexity index is 474. The zero-order valence-corrected chi connectivity index (χ0v) is 11.1. The minimum Gasteiger partial charge on any atom is -0.241 e. The van der Waals surface area contributed by atoms with Crippen molar-refractivity contribution in [2.24, 2.45) is 0 Å². The van der Waals surface area contributed by atoms with E-state index in [0.717, 1.165) is 5.01 Å². The Balaban J connectivity index is 2.35. The van der Waals surface area contributed by atoms with E-state index in [1.807, 2.05) is 0 Å². The summed E-state index contributed by atoms with van der Waals surface area (Å²) in [5.41, 5.74) is 3.81. The summed E-state index contributed by atoms with van der Waals surface area (Å²) in [6.07, 6.45) is 0. The molecule has 1 nitrogen and oxygen atoms in total. The second-order valence-electron chi connectivity index (χ2n) is 5.15. The fourth-order valence-electron chi connectivity index (χ4n) is 1.45. The molecule has 0 saturated heterocycles. The van der Waals surface area contributed by atoms with Crippen LogP contribution in [0, 0.1) is 6.92 Å². The van der Waals surface area contributed by atoms with Gasteiger partial charge in [-0.25, -0.2) is 4.98 Å². The predicted molar refractivity (Wildman–Crippen MR) is 71.0 cm³/mol. The van der Waals surface area contributed by atoms with Gasteiger partial charge in [-0.05, 0) is 6.92 Å². The van der Waals surface area contributed by atoms with Gasteiger partial charge in [-0.2, -0.15) is 0 Å². The van der Waals surface area contributed by atoms with Gasteiger partial charge in [0.1, 0.15) is 5.01 Å². The second kappa shape index (κ2) is 4.02. The van der Waals surface area contributed by atoms with Crippen molar-refractivity contribution in [2.75, 3.05) is 0 Å². The van der Waals surface area contributed by atoms with E-state index in [9.17, 15) is 0 Å². The van der Waals surface area contributed by atoms with Gasteiger partial charge < -0.3 is 0 Å². The quantitative estimate of drug-likeness (QED) is 0.708. The molecule has 0 aliphatic carbocycles. The SMILES string of the molecule is Cc1ccc(-c2nc(C(C)(C)C)cs2)cc1. The molecule has 1 heterocycles. The van der Waals surface area contributed by atoms with Crippen molar-refractivity contribution < 1.29 is 0 Å². The lowest BCUT2D eigenvalue weighted by Crippen LogP contribution is -2.11. The van der Waals surface area contributed by atoms with Gasteiger partial charge >= 0.3 is 0 Å². The lowest BCUT2D eigenvalue weighted by atomic mass is 9.93. The van der Waals surface area contributed by atoms with E-state index in [1.54, 1.807) is 11.3 Å². The Labute approximate surface area is 101 Å². The van der Waals surface area contributed by atoms with Crippen LogP contribution in [0.1, 0.15) is 32.0 Å². The van der Waals surface area contributed by atoms with E-state index in [2.05, 4.69) is 57.3 Å². The number of hydrogen-bond acceptors (Lipinski definition) is 2. The first-order valence-corrected chi connectivity index (χ1v) is 6.38. The monoisotopic (exact) mass is 231 g/mol. The van der Waals surface area contributed by atoms with Gasteiger partial charge in [0.2, 0.25) is 0 Å². The molecule has 0 aliphatic rings. The molecule has 0 spiro atoms. The van der Waals surface area contributed by atoms with Gasteiger partial charge in [-0.1, -0.05) is 50.6 Å². The molecule has 0 unspecified atom stereocenters. The van der Waals surface area contributed by atoms with Crippen LogP contribution < -0.4 is 0 Å². The van der Waals surface area contributed by atoms with Crippen molar-refractivity contribution in [3.8, 4) is 10.6 Å². The summed E-state index contributed by atoms with van der Waals surface area (Å²) < 4.78 is 0. The molecule has 0 radical (unpaired) electrons. The minimum atomic E-state index is 0.138. The third-order valence-corrected chi connectivity index (χ3v) is 3.46. The highest BCUT2D eigenvalue weighted by molar-refractivity contribution is 7.13. The van der Waals surface area contributed by atoms with Gasteiger partial charge in [0, 0.05) is 16.4 Å². The molecule has 1 aromatic heterocycles. The number of nitrogens with zero attached hydrogens (tertiary/aromatic N) is 1. The van der Waals surface area contributed by atoms with E-state index >= 15 is 0 Å². The van der Waals surface area contributed by atoms with Crippen molar-refractivity contribution >= 4 is 11.3 Å². The topological polar surface area (TPSA) is 12.9 Å². The van der Waals surface area contributed by atoms with Gasteiger partial charge in [-0.3, -0.25) is 0 Å². The number of rotatable bonds is 1. The zero-order valence-electron chi connectivity index (χ0n) is 10.2. The summed E-state index contributed by atoms with van der Waals surface area (Å²) in [6, 6.07) is 8.54. The summed E-state index contributed by atoms with van der Waals surface area (Å²) in [5.74, 6) is 0. The second-order valence-corrected chi connectivity index (χ2v) is 6.01. The van der Waals surface area contributed by atoms with Crippen LogP contribution >= 0.6 is 11.3 Å². The summed E-state index contributed by atoms with van der Waals surface area (Å²) in [5, 5.41) is 3.28.